The van der Waals surface area contributed by atoms with Gasteiger partial charge in [0, 0.05) is 6.92 Å². The van der Waals surface area contributed by atoms with E-state index in [0.29, 0.717) is 32.1 Å². The second kappa shape index (κ2) is 15.3. The Kier molecular flexibility index (Phi) is 11.9. The lowest BCUT2D eigenvalue weighted by Gasteiger charge is -2.65. The second-order valence-corrected chi connectivity index (χ2v) is 21.3. The molecular weight excluding hydrogens is 756 g/mol. The van der Waals surface area contributed by atoms with Gasteiger partial charge in [-0.1, -0.05) is 34.6 Å². The van der Waals surface area contributed by atoms with E-state index in [1.54, 1.807) is 13.8 Å². The first-order valence-corrected chi connectivity index (χ1v) is 21.7. The minimum Gasteiger partial charge on any atom is -0.454 e. The highest BCUT2D eigenvalue weighted by molar-refractivity contribution is 5.66. The van der Waals surface area contributed by atoms with E-state index in [0.717, 1.165) is 25.7 Å². The first-order valence-electron chi connectivity index (χ1n) is 21.7. The van der Waals surface area contributed by atoms with E-state index in [9.17, 15) is 50.8 Å². The summed E-state index contributed by atoms with van der Waals surface area (Å²) in [4.78, 5) is 12.1. The Balaban J connectivity index is 1.22. The maximum atomic E-state index is 12.1. The summed E-state index contributed by atoms with van der Waals surface area (Å²) >= 11 is 0. The van der Waals surface area contributed by atoms with Gasteiger partial charge in [0.25, 0.3) is 0 Å². The average molecular weight is 829 g/mol. The van der Waals surface area contributed by atoms with E-state index in [2.05, 4.69) is 34.6 Å². The molecule has 2 spiro atoms. The highest BCUT2D eigenvalue weighted by atomic mass is 16.7. The van der Waals surface area contributed by atoms with Gasteiger partial charge in [-0.05, 0) is 122 Å². The van der Waals surface area contributed by atoms with Crippen molar-refractivity contribution in [3.05, 3.63) is 0 Å². The summed E-state index contributed by atoms with van der Waals surface area (Å²) in [6.07, 6.45) is -8.50. The van der Waals surface area contributed by atoms with Crippen LogP contribution in [0.1, 0.15) is 113 Å². The molecule has 0 aromatic heterocycles. The number of fused-ring (bicyclic) bond motifs is 2. The van der Waals surface area contributed by atoms with Gasteiger partial charge < -0.3 is 69.6 Å². The van der Waals surface area contributed by atoms with Crippen molar-refractivity contribution in [2.24, 2.45) is 50.7 Å². The highest BCUT2D eigenvalue weighted by Crippen LogP contribution is 2.89. The Hall–Kier alpha value is -1.05. The third-order valence-electron chi connectivity index (χ3n) is 17.5. The van der Waals surface area contributed by atoms with Gasteiger partial charge in [-0.25, -0.2) is 0 Å². The van der Waals surface area contributed by atoms with Crippen molar-refractivity contribution in [3.8, 4) is 0 Å². The van der Waals surface area contributed by atoms with Crippen LogP contribution in [0.3, 0.4) is 0 Å². The van der Waals surface area contributed by atoms with E-state index < -0.39 is 103 Å². The number of rotatable bonds is 11. The smallest absolute Gasteiger partial charge is 0.303 e. The number of carbonyl (C=O) groups excluding carboxylic acids is 1. The molecule has 5 aliphatic carbocycles. The summed E-state index contributed by atoms with van der Waals surface area (Å²) in [5.74, 6) is -0.718. The molecule has 5 saturated carbocycles. The largest absolute Gasteiger partial charge is 0.454 e. The Morgan fingerprint density at radius 1 is 0.862 bits per heavy atom. The molecule has 0 aromatic rings. The lowest BCUT2D eigenvalue weighted by Crippen LogP contribution is -2.65. The molecule has 0 amide bonds. The number of aliphatic hydroxyl groups is 9. The first-order chi connectivity index (χ1) is 26.9. The average Bonchev–Trinajstić information content (AvgIpc) is 3.73. The van der Waals surface area contributed by atoms with Crippen LogP contribution in [0.4, 0.5) is 0 Å². The molecule has 334 valence electrons. The Morgan fingerprint density at radius 3 is 2.19 bits per heavy atom. The van der Waals surface area contributed by atoms with Gasteiger partial charge in [0.2, 0.25) is 0 Å². The second-order valence-electron chi connectivity index (χ2n) is 21.3. The van der Waals surface area contributed by atoms with E-state index >= 15 is 0 Å². The number of ether oxygens (including phenoxy) is 5. The van der Waals surface area contributed by atoms with Crippen LogP contribution in [0.5, 0.6) is 0 Å². The van der Waals surface area contributed by atoms with Crippen LogP contribution >= 0.6 is 0 Å². The van der Waals surface area contributed by atoms with Crippen molar-refractivity contribution < 1.29 is 74.4 Å². The van der Waals surface area contributed by atoms with Crippen molar-refractivity contribution in [1.29, 1.82) is 0 Å². The zero-order chi connectivity index (χ0) is 42.7. The molecule has 0 radical (unpaired) electrons. The van der Waals surface area contributed by atoms with Crippen molar-refractivity contribution in [3.63, 3.8) is 0 Å². The van der Waals surface area contributed by atoms with Crippen LogP contribution in [0.2, 0.25) is 0 Å². The molecule has 0 unspecified atom stereocenters. The summed E-state index contributed by atoms with van der Waals surface area (Å²) in [5.41, 5.74) is -2.78. The minimum atomic E-state index is -1.62. The van der Waals surface area contributed by atoms with Crippen molar-refractivity contribution >= 4 is 5.97 Å². The van der Waals surface area contributed by atoms with Gasteiger partial charge >= 0.3 is 5.97 Å². The third-order valence-corrected chi connectivity index (χ3v) is 17.5. The molecule has 15 heteroatoms. The fourth-order valence-corrected chi connectivity index (χ4v) is 14.5. The molecule has 0 aromatic carbocycles. The maximum absolute atomic E-state index is 12.1. The normalized spacial score (nSPS) is 52.1. The van der Waals surface area contributed by atoms with Crippen LogP contribution < -0.4 is 0 Å². The SMILES string of the molecule is CC(=O)O[C@H]1[C@H](O[C@H]2CC[C@]34C[C@]35CC[C@]3(C)[C@@H]([C@H](C)CC[C@H](O)C(C)(C)O)[C@@H](O)C[C@@]3(C)[C@@H]5C[C@H](O[C@@H]3O[C@H](CO)[C@@H](O)[C@H](O)[C@H]3O)[C@H]4C2(C)C)OC[C@@H](O)[C@@H]1O. The molecule has 15 nitrogen and oxygen atoms in total. The van der Waals surface area contributed by atoms with E-state index in [4.69, 9.17) is 23.7 Å². The lowest BCUT2D eigenvalue weighted by molar-refractivity contribution is -0.339. The van der Waals surface area contributed by atoms with Crippen LogP contribution in [0, 0.1) is 50.7 Å². The van der Waals surface area contributed by atoms with Gasteiger partial charge in [-0.2, -0.15) is 0 Å². The van der Waals surface area contributed by atoms with Gasteiger partial charge in [0.05, 0.1) is 43.2 Å². The Morgan fingerprint density at radius 2 is 1.55 bits per heavy atom. The third kappa shape index (κ3) is 6.84. The molecule has 2 saturated heterocycles. The topological polar surface area (TPSA) is 245 Å². The van der Waals surface area contributed by atoms with Crippen LogP contribution in [0.25, 0.3) is 0 Å². The molecule has 7 rings (SSSR count). The predicted octanol–water partition coefficient (Wildman–Crippen LogP) is 1.13. The molecular formula is C43H72O15. The molecule has 9 N–H and O–H groups in total. The fourth-order valence-electron chi connectivity index (χ4n) is 14.5. The van der Waals surface area contributed by atoms with E-state index in [-0.39, 0.29) is 51.9 Å². The summed E-state index contributed by atoms with van der Waals surface area (Å²) in [6, 6.07) is 0. The summed E-state index contributed by atoms with van der Waals surface area (Å²) in [7, 11) is 0. The molecule has 7 aliphatic rings. The Labute approximate surface area is 342 Å². The molecule has 7 fully saturated rings. The van der Waals surface area contributed by atoms with E-state index in [1.165, 1.54) is 6.92 Å². The monoisotopic (exact) mass is 828 g/mol. The first kappa shape index (κ1) is 45.0. The minimum absolute atomic E-state index is 0.0452. The van der Waals surface area contributed by atoms with Crippen molar-refractivity contribution in [1.82, 2.24) is 0 Å². The zero-order valence-corrected chi connectivity index (χ0v) is 35.6. The predicted molar refractivity (Wildman–Crippen MR) is 205 cm³/mol. The summed E-state index contributed by atoms with van der Waals surface area (Å²) < 4.78 is 30.9. The maximum Gasteiger partial charge on any atom is 0.303 e. The van der Waals surface area contributed by atoms with Gasteiger partial charge in [-0.15, -0.1) is 0 Å². The van der Waals surface area contributed by atoms with Crippen molar-refractivity contribution in [2.75, 3.05) is 13.2 Å². The number of esters is 1. The van der Waals surface area contributed by atoms with Crippen LogP contribution in [-0.2, 0) is 28.5 Å². The van der Waals surface area contributed by atoms with Gasteiger partial charge in [-0.3, -0.25) is 4.79 Å². The molecule has 0 bridgehead atoms. The molecule has 2 heterocycles. The highest BCUT2D eigenvalue weighted by Gasteiger charge is 2.84. The fraction of sp³-hybridized carbons (Fsp3) is 0.977. The van der Waals surface area contributed by atoms with Gasteiger partial charge in [0.15, 0.2) is 18.7 Å². The molecule has 2 aliphatic heterocycles. The van der Waals surface area contributed by atoms with Crippen LogP contribution in [-0.4, -0.2) is 150 Å². The number of hydrogen-bond acceptors (Lipinski definition) is 15. The van der Waals surface area contributed by atoms with E-state index in [1.807, 2.05) is 0 Å². The number of aliphatic hydroxyl groups excluding tert-OH is 8. The number of carbonyl (C=O) groups is 1. The molecule has 58 heavy (non-hydrogen) atoms. The number of hydrogen-bond donors (Lipinski definition) is 9. The summed E-state index contributed by atoms with van der Waals surface area (Å²) in [5, 5.41) is 97.2. The molecule has 21 atom stereocenters. The lowest BCUT2D eigenvalue weighted by atomic mass is 9.41. The Bertz CT molecular complexity index is 1500. The van der Waals surface area contributed by atoms with Crippen LogP contribution in [0.15, 0.2) is 0 Å². The van der Waals surface area contributed by atoms with Gasteiger partial charge in [0.1, 0.15) is 36.6 Å². The zero-order valence-electron chi connectivity index (χ0n) is 35.6. The van der Waals surface area contributed by atoms with Crippen molar-refractivity contribution in [2.45, 2.75) is 199 Å². The standard InChI is InChI=1S/C43H72O15/c1-20(9-10-27(48)39(5,6)53)29-22(46)16-41(8)26-15-24(56-36-33(52)32(51)31(50)25(17-44)57-36)35-38(3,4)28(11-12-43(35)19-42(26,43)14-13-40(29,41)7)58-37-34(55-21(2)45)30(49)23(47)18-54-37/h20,22-37,44,46-53H,9-19H2,1-8H3/t20-,22+,23-,24+,25-,26+,27+,28+,29+,30+,31-,32+,33-,34-,35+,36-,37+,40-,41+,42+,43-/m1/s1. The summed E-state index contributed by atoms with van der Waals surface area (Å²) in [6.45, 7) is 14.7. The quantitative estimate of drug-likeness (QED) is 0.105.